The molecule has 3 unspecified atom stereocenters. The molecule has 4 atom stereocenters. The smallest absolute Gasteiger partial charge is 0.255 e. The highest BCUT2D eigenvalue weighted by molar-refractivity contribution is 6.31. The van der Waals surface area contributed by atoms with Crippen molar-refractivity contribution < 1.29 is 19.2 Å². The van der Waals surface area contributed by atoms with Crippen LogP contribution >= 0.6 is 11.6 Å². The molecule has 11 heteroatoms. The number of H-pyrrole nitrogens is 2. The fourth-order valence-electron chi connectivity index (χ4n) is 7.02. The average molecular weight is 643 g/mol. The van der Waals surface area contributed by atoms with E-state index in [-0.39, 0.29) is 48.4 Å². The number of likely N-dealkylation sites (N-methyl/N-ethyl adjacent to an activating group) is 1. The zero-order valence-corrected chi connectivity index (χ0v) is 26.6. The van der Waals surface area contributed by atoms with Crippen molar-refractivity contribution in [3.63, 3.8) is 0 Å². The maximum absolute atomic E-state index is 14.0. The first-order valence-electron chi connectivity index (χ1n) is 15.8. The predicted octanol–water partition coefficient (Wildman–Crippen LogP) is 3.79. The van der Waals surface area contributed by atoms with Gasteiger partial charge in [-0.2, -0.15) is 0 Å². The van der Waals surface area contributed by atoms with Gasteiger partial charge in [0.1, 0.15) is 6.04 Å². The first-order chi connectivity index (χ1) is 22.3. The Labute approximate surface area is 272 Å². The molecule has 2 fully saturated rings. The van der Waals surface area contributed by atoms with E-state index in [9.17, 15) is 19.2 Å². The van der Waals surface area contributed by atoms with E-state index in [1.807, 2.05) is 48.7 Å². The minimum Gasteiger partial charge on any atom is -0.367 e. The summed E-state index contributed by atoms with van der Waals surface area (Å²) >= 11 is 6.15. The minimum absolute atomic E-state index is 0.0744. The molecule has 240 valence electrons. The van der Waals surface area contributed by atoms with Crippen LogP contribution in [-0.4, -0.2) is 82.7 Å². The molecule has 4 amide bonds. The maximum atomic E-state index is 14.0. The maximum Gasteiger partial charge on any atom is 0.255 e. The number of aromatic amines is 2. The third-order valence-electron chi connectivity index (χ3n) is 9.45. The number of rotatable bonds is 10. The summed E-state index contributed by atoms with van der Waals surface area (Å²) in [5.74, 6) is -1.50. The molecule has 0 aliphatic carbocycles. The van der Waals surface area contributed by atoms with Gasteiger partial charge in [0.15, 0.2) is 0 Å². The van der Waals surface area contributed by atoms with Gasteiger partial charge < -0.3 is 30.4 Å². The van der Waals surface area contributed by atoms with Crippen LogP contribution in [-0.2, 0) is 27.2 Å². The molecular weight excluding hydrogens is 604 g/mol. The number of amides is 4. The molecule has 4 aromatic rings. The van der Waals surface area contributed by atoms with E-state index < -0.39 is 12.0 Å². The number of carbonyl (C=O) groups is 4. The van der Waals surface area contributed by atoms with Gasteiger partial charge in [0, 0.05) is 67.7 Å². The van der Waals surface area contributed by atoms with Crippen LogP contribution in [0.3, 0.4) is 0 Å². The van der Waals surface area contributed by atoms with Crippen LogP contribution in [0.2, 0.25) is 5.02 Å². The molecule has 46 heavy (non-hydrogen) atoms. The number of fused-ring (bicyclic) bond motifs is 2. The summed E-state index contributed by atoms with van der Waals surface area (Å²) in [6.07, 6.45) is 7.36. The second kappa shape index (κ2) is 13.8. The van der Waals surface area contributed by atoms with E-state index in [0.29, 0.717) is 36.6 Å². The lowest BCUT2D eigenvalue weighted by molar-refractivity contribution is -0.140. The summed E-state index contributed by atoms with van der Waals surface area (Å²) in [4.78, 5) is 63.7. The van der Waals surface area contributed by atoms with E-state index in [1.54, 1.807) is 41.4 Å². The standard InChI is InChI=1S/C35H39ClN6O4/c1-37-34(45)30(9-5-8-22-6-3-2-4-7-22)40-33(44)29-21-41(32(43)14-24-17-39-31-15-26(36)10-11-27(24)31)18-25-19-42(20-28(25)29)35(46)23-12-13-38-16-23/h2-4,6-7,10-13,15-17,25,28-30,38-39H,5,8-9,14,18-21H2,1H3,(H,37,45)(H,40,44)/t25?,28?,29?,30-/m0/s1. The Morgan fingerprint density at radius 2 is 1.78 bits per heavy atom. The largest absolute Gasteiger partial charge is 0.367 e. The summed E-state index contributed by atoms with van der Waals surface area (Å²) in [7, 11) is 1.57. The second-order valence-corrected chi connectivity index (χ2v) is 12.8. The Morgan fingerprint density at radius 3 is 2.54 bits per heavy atom. The third-order valence-corrected chi connectivity index (χ3v) is 9.69. The Bertz CT molecular complexity index is 1700. The summed E-state index contributed by atoms with van der Waals surface area (Å²) in [5, 5.41) is 7.25. The van der Waals surface area contributed by atoms with Gasteiger partial charge in [-0.25, -0.2) is 0 Å². The van der Waals surface area contributed by atoms with Gasteiger partial charge in [-0.3, -0.25) is 19.2 Å². The van der Waals surface area contributed by atoms with Crippen LogP contribution in [0.5, 0.6) is 0 Å². The number of piperidine rings is 1. The van der Waals surface area contributed by atoms with Crippen molar-refractivity contribution in [2.24, 2.45) is 17.8 Å². The van der Waals surface area contributed by atoms with E-state index in [1.165, 1.54) is 5.56 Å². The Morgan fingerprint density at radius 1 is 0.978 bits per heavy atom. The number of likely N-dealkylation sites (tertiary alicyclic amines) is 2. The topological polar surface area (TPSA) is 130 Å². The van der Waals surface area contributed by atoms with Gasteiger partial charge in [-0.15, -0.1) is 0 Å². The number of halogens is 1. The number of hydrogen-bond donors (Lipinski definition) is 4. The molecule has 4 heterocycles. The molecule has 2 aromatic heterocycles. The number of carbonyl (C=O) groups excluding carboxylic acids is 4. The van der Waals surface area contributed by atoms with Gasteiger partial charge in [0.25, 0.3) is 5.91 Å². The predicted molar refractivity (Wildman–Crippen MR) is 176 cm³/mol. The molecule has 2 saturated heterocycles. The van der Waals surface area contributed by atoms with Crippen molar-refractivity contribution in [2.75, 3.05) is 33.2 Å². The van der Waals surface area contributed by atoms with Crippen LogP contribution in [0.1, 0.15) is 34.3 Å². The van der Waals surface area contributed by atoms with Crippen molar-refractivity contribution in [1.29, 1.82) is 0 Å². The van der Waals surface area contributed by atoms with E-state index in [0.717, 1.165) is 29.3 Å². The third kappa shape index (κ3) is 6.82. The van der Waals surface area contributed by atoms with Crippen molar-refractivity contribution in [2.45, 2.75) is 31.7 Å². The number of nitrogens with one attached hydrogen (secondary N) is 4. The second-order valence-electron chi connectivity index (χ2n) is 12.4. The van der Waals surface area contributed by atoms with Crippen LogP contribution in [0.25, 0.3) is 10.9 Å². The van der Waals surface area contributed by atoms with Gasteiger partial charge in [-0.05, 0) is 60.4 Å². The molecule has 6 rings (SSSR count). The number of benzene rings is 2. The van der Waals surface area contributed by atoms with Crippen LogP contribution in [0.15, 0.2) is 73.2 Å². The zero-order chi connectivity index (χ0) is 32.2. The Balaban J connectivity index is 1.19. The van der Waals surface area contributed by atoms with Crippen LogP contribution in [0, 0.1) is 17.8 Å². The summed E-state index contributed by atoms with van der Waals surface area (Å²) in [6.45, 7) is 1.53. The molecule has 0 spiro atoms. The summed E-state index contributed by atoms with van der Waals surface area (Å²) in [5.41, 5.74) is 3.44. The highest BCUT2D eigenvalue weighted by Crippen LogP contribution is 2.37. The van der Waals surface area contributed by atoms with E-state index in [2.05, 4.69) is 20.6 Å². The van der Waals surface area contributed by atoms with E-state index >= 15 is 0 Å². The number of aromatic nitrogens is 2. The molecule has 2 aromatic carbocycles. The molecular formula is C35H39ClN6O4. The van der Waals surface area contributed by atoms with Gasteiger partial charge in [0.2, 0.25) is 17.7 Å². The SMILES string of the molecule is CNC(=O)[C@H](CCCc1ccccc1)NC(=O)C1CN(C(=O)Cc2c[nH]c3cc(Cl)ccc23)CC2CN(C(=O)c3cc[nH]c3)CC21. The van der Waals surface area contributed by atoms with Gasteiger partial charge >= 0.3 is 0 Å². The quantitative estimate of drug-likeness (QED) is 0.210. The minimum atomic E-state index is -0.706. The summed E-state index contributed by atoms with van der Waals surface area (Å²) in [6, 6.07) is 16.6. The molecule has 0 bridgehead atoms. The van der Waals surface area contributed by atoms with Crippen LogP contribution < -0.4 is 10.6 Å². The molecule has 2 aliphatic heterocycles. The normalized spacial score (nSPS) is 19.9. The lowest BCUT2D eigenvalue weighted by atomic mass is 9.79. The van der Waals surface area contributed by atoms with Crippen molar-refractivity contribution in [3.05, 3.63) is 94.9 Å². The van der Waals surface area contributed by atoms with Gasteiger partial charge in [0.05, 0.1) is 17.9 Å². The first kappa shape index (κ1) is 31.4. The lowest BCUT2D eigenvalue weighted by Gasteiger charge is -2.40. The summed E-state index contributed by atoms with van der Waals surface area (Å²) < 4.78 is 0. The van der Waals surface area contributed by atoms with Crippen molar-refractivity contribution in [3.8, 4) is 0 Å². The zero-order valence-electron chi connectivity index (χ0n) is 25.8. The molecule has 4 N–H and O–H groups in total. The number of nitrogens with zero attached hydrogens (tertiary/aromatic N) is 2. The lowest BCUT2D eigenvalue weighted by Crippen LogP contribution is -2.56. The molecule has 2 aliphatic rings. The van der Waals surface area contributed by atoms with Crippen LogP contribution in [0.4, 0.5) is 0 Å². The Hall–Kier alpha value is -4.57. The average Bonchev–Trinajstić information content (AvgIpc) is 3.84. The highest BCUT2D eigenvalue weighted by Gasteiger charge is 2.48. The molecule has 0 radical (unpaired) electrons. The van der Waals surface area contributed by atoms with Gasteiger partial charge in [-0.1, -0.05) is 48.0 Å². The Kier molecular flexibility index (Phi) is 9.44. The fourth-order valence-corrected chi connectivity index (χ4v) is 7.19. The number of hydrogen-bond acceptors (Lipinski definition) is 4. The highest BCUT2D eigenvalue weighted by atomic mass is 35.5. The molecule has 10 nitrogen and oxygen atoms in total. The molecule has 0 saturated carbocycles. The first-order valence-corrected chi connectivity index (χ1v) is 16.2. The van der Waals surface area contributed by atoms with E-state index in [4.69, 9.17) is 11.6 Å². The fraction of sp³-hybridized carbons (Fsp3) is 0.371. The van der Waals surface area contributed by atoms with Crippen molar-refractivity contribution in [1.82, 2.24) is 30.4 Å². The van der Waals surface area contributed by atoms with Crippen molar-refractivity contribution >= 4 is 46.1 Å². The number of aryl methyl sites for hydroxylation is 1. The monoisotopic (exact) mass is 642 g/mol.